The molecule has 0 radical (unpaired) electrons. The fraction of sp³-hybridized carbons (Fsp3) is 0.824. The summed E-state index contributed by atoms with van der Waals surface area (Å²) in [6.07, 6.45) is 29.5. The number of carbonyl (C=O) groups excluding carboxylic acids is 2. The number of carbonyl (C=O) groups is 2. The van der Waals surface area contributed by atoms with Gasteiger partial charge in [0.15, 0.2) is 6.10 Å². The van der Waals surface area contributed by atoms with E-state index in [0.29, 0.717) is 6.42 Å². The first kappa shape index (κ1) is 41.5. The van der Waals surface area contributed by atoms with Crippen LogP contribution < -0.4 is 0 Å². The molecule has 0 aliphatic carbocycles. The zero-order valence-corrected chi connectivity index (χ0v) is 28.5. The van der Waals surface area contributed by atoms with Crippen LogP contribution in [0.2, 0.25) is 0 Å². The number of hydrogen-bond donors (Lipinski definition) is 1. The Kier molecular flexibility index (Phi) is 29.5. The average molecular weight is 631 g/mol. The predicted molar refractivity (Wildman–Crippen MR) is 175 cm³/mol. The lowest BCUT2D eigenvalue weighted by Gasteiger charge is -2.19. The van der Waals surface area contributed by atoms with Gasteiger partial charge in [-0.1, -0.05) is 102 Å². The molecule has 0 aliphatic rings. The van der Waals surface area contributed by atoms with E-state index in [0.717, 1.165) is 77.0 Å². The minimum atomic E-state index is -4.27. The normalized spacial score (nSPS) is 13.9. The number of unbranched alkanes of at least 4 members (excludes halogenated alkanes) is 15. The first-order valence-corrected chi connectivity index (χ1v) is 18.6. The lowest BCUT2D eigenvalue weighted by atomic mass is 10.1. The summed E-state index contributed by atoms with van der Waals surface area (Å²) in [7, 11) is -4.27. The van der Waals surface area contributed by atoms with Gasteiger partial charge in [-0.05, 0) is 64.7 Å². The van der Waals surface area contributed by atoms with E-state index in [1.807, 2.05) is 0 Å². The number of esters is 2. The van der Waals surface area contributed by atoms with Crippen LogP contribution in [0.15, 0.2) is 24.3 Å². The highest BCUT2D eigenvalue weighted by molar-refractivity contribution is 7.47. The molecule has 0 saturated carbocycles. The number of allylic oxidation sites excluding steroid dienone is 4. The first-order chi connectivity index (χ1) is 20.8. The van der Waals surface area contributed by atoms with Crippen molar-refractivity contribution < 1.29 is 37.6 Å². The lowest BCUT2D eigenvalue weighted by molar-refractivity contribution is -0.161. The van der Waals surface area contributed by atoms with Crippen LogP contribution in [-0.2, 0) is 32.7 Å². The third-order valence-electron chi connectivity index (χ3n) is 6.98. The van der Waals surface area contributed by atoms with Gasteiger partial charge in [0, 0.05) is 12.8 Å². The van der Waals surface area contributed by atoms with Crippen LogP contribution in [0.25, 0.3) is 0 Å². The first-order valence-electron chi connectivity index (χ1n) is 17.1. The van der Waals surface area contributed by atoms with Gasteiger partial charge in [0.25, 0.3) is 0 Å². The van der Waals surface area contributed by atoms with Gasteiger partial charge in [-0.15, -0.1) is 0 Å². The van der Waals surface area contributed by atoms with Gasteiger partial charge in [-0.3, -0.25) is 18.6 Å². The van der Waals surface area contributed by atoms with Gasteiger partial charge in [-0.2, -0.15) is 0 Å². The zero-order valence-electron chi connectivity index (χ0n) is 27.6. The molecule has 0 aromatic carbocycles. The SMILES string of the molecule is CCCC/C=C\CCCCCCCC(=O)OCC(COP(=O)(O)OCC)OC(=O)CCCCCCC/C=C\CCCCC. The molecule has 2 unspecified atom stereocenters. The van der Waals surface area contributed by atoms with E-state index < -0.39 is 26.5 Å². The van der Waals surface area contributed by atoms with E-state index in [1.165, 1.54) is 38.5 Å². The van der Waals surface area contributed by atoms with Gasteiger partial charge >= 0.3 is 19.8 Å². The summed E-state index contributed by atoms with van der Waals surface area (Å²) in [5, 5.41) is 0. The predicted octanol–water partition coefficient (Wildman–Crippen LogP) is 9.94. The maximum atomic E-state index is 12.4. The second-order valence-electron chi connectivity index (χ2n) is 11.2. The minimum Gasteiger partial charge on any atom is -0.462 e. The van der Waals surface area contributed by atoms with Crippen LogP contribution in [0.5, 0.6) is 0 Å². The molecule has 0 aliphatic heterocycles. The number of hydrogen-bond acceptors (Lipinski definition) is 7. The van der Waals surface area contributed by atoms with Crippen LogP contribution in [0.1, 0.15) is 156 Å². The van der Waals surface area contributed by atoms with Crippen LogP contribution in [0, 0.1) is 0 Å². The molecule has 0 aromatic rings. The van der Waals surface area contributed by atoms with E-state index >= 15 is 0 Å². The Bertz CT molecular complexity index is 767. The van der Waals surface area contributed by atoms with Gasteiger partial charge < -0.3 is 14.4 Å². The summed E-state index contributed by atoms with van der Waals surface area (Å²) in [5.41, 5.74) is 0. The Labute approximate surface area is 263 Å². The second-order valence-corrected chi connectivity index (χ2v) is 12.6. The Morgan fingerprint density at radius 1 is 0.605 bits per heavy atom. The highest BCUT2D eigenvalue weighted by Gasteiger charge is 2.25. The zero-order chi connectivity index (χ0) is 31.9. The molecule has 0 saturated heterocycles. The molecule has 8 nitrogen and oxygen atoms in total. The number of ether oxygens (including phenoxy) is 2. The van der Waals surface area contributed by atoms with Crippen molar-refractivity contribution in [2.24, 2.45) is 0 Å². The van der Waals surface area contributed by atoms with Gasteiger partial charge in [0.2, 0.25) is 0 Å². The van der Waals surface area contributed by atoms with Gasteiger partial charge in [0.05, 0.1) is 13.2 Å². The third-order valence-corrected chi connectivity index (χ3v) is 8.04. The van der Waals surface area contributed by atoms with E-state index in [9.17, 15) is 19.0 Å². The molecular weight excluding hydrogens is 567 g/mol. The third kappa shape index (κ3) is 30.3. The Hall–Kier alpha value is -1.47. The van der Waals surface area contributed by atoms with E-state index in [4.69, 9.17) is 18.5 Å². The summed E-state index contributed by atoms with van der Waals surface area (Å²) in [6.45, 7) is 5.36. The molecule has 0 aromatic heterocycles. The van der Waals surface area contributed by atoms with E-state index in [-0.39, 0.29) is 32.0 Å². The van der Waals surface area contributed by atoms with Crippen LogP contribution >= 0.6 is 7.82 Å². The van der Waals surface area contributed by atoms with E-state index in [1.54, 1.807) is 6.92 Å². The Balaban J connectivity index is 4.24. The molecule has 0 spiro atoms. The van der Waals surface area contributed by atoms with Crippen molar-refractivity contribution in [2.75, 3.05) is 19.8 Å². The molecule has 0 heterocycles. The van der Waals surface area contributed by atoms with E-state index in [2.05, 4.69) is 38.2 Å². The number of phosphoric acid groups is 1. The molecule has 0 bridgehead atoms. The van der Waals surface area contributed by atoms with Crippen molar-refractivity contribution in [2.45, 2.75) is 162 Å². The molecule has 1 N–H and O–H groups in total. The summed E-state index contributed by atoms with van der Waals surface area (Å²) >= 11 is 0. The summed E-state index contributed by atoms with van der Waals surface area (Å²) < 4.78 is 32.4. The van der Waals surface area contributed by atoms with Crippen LogP contribution in [0.4, 0.5) is 0 Å². The van der Waals surface area contributed by atoms with Crippen molar-refractivity contribution in [3.8, 4) is 0 Å². The Morgan fingerprint density at radius 2 is 1.07 bits per heavy atom. The molecule has 252 valence electrons. The fourth-order valence-electron chi connectivity index (χ4n) is 4.43. The van der Waals surface area contributed by atoms with Gasteiger partial charge in [0.1, 0.15) is 6.61 Å². The van der Waals surface area contributed by atoms with Crippen molar-refractivity contribution in [1.29, 1.82) is 0 Å². The van der Waals surface area contributed by atoms with Gasteiger partial charge in [-0.25, -0.2) is 4.57 Å². The monoisotopic (exact) mass is 630 g/mol. The van der Waals surface area contributed by atoms with Crippen molar-refractivity contribution in [3.63, 3.8) is 0 Å². The summed E-state index contributed by atoms with van der Waals surface area (Å²) in [5.74, 6) is -0.822. The number of phosphoric ester groups is 1. The maximum Gasteiger partial charge on any atom is 0.472 e. The standard InChI is InChI=1S/C34H63O8P/c1-4-7-9-11-13-15-17-19-21-23-25-27-29-34(36)42-32(31-41-43(37,38)40-6-3)30-39-33(35)28-26-24-22-20-18-16-14-12-10-8-5-2/h12-15,32H,4-11,16-31H2,1-3H3,(H,37,38)/b14-12-,15-13-. The Morgan fingerprint density at radius 3 is 1.60 bits per heavy atom. The molecule has 9 heteroatoms. The van der Waals surface area contributed by atoms with Crippen molar-refractivity contribution >= 4 is 19.8 Å². The molecule has 43 heavy (non-hydrogen) atoms. The number of rotatable bonds is 31. The quantitative estimate of drug-likeness (QED) is 0.0349. The largest absolute Gasteiger partial charge is 0.472 e. The molecule has 0 amide bonds. The summed E-state index contributed by atoms with van der Waals surface area (Å²) in [4.78, 5) is 34.4. The lowest BCUT2D eigenvalue weighted by Crippen LogP contribution is -2.29. The minimum absolute atomic E-state index is 0.00186. The highest BCUT2D eigenvalue weighted by atomic mass is 31.2. The fourth-order valence-corrected chi connectivity index (χ4v) is 5.18. The molecule has 0 rings (SSSR count). The highest BCUT2D eigenvalue weighted by Crippen LogP contribution is 2.43. The molecule has 2 atom stereocenters. The second kappa shape index (κ2) is 30.6. The average Bonchev–Trinajstić information content (AvgIpc) is 2.97. The van der Waals surface area contributed by atoms with Crippen molar-refractivity contribution in [3.05, 3.63) is 24.3 Å². The topological polar surface area (TPSA) is 108 Å². The maximum absolute atomic E-state index is 12.4. The van der Waals surface area contributed by atoms with Crippen LogP contribution in [-0.4, -0.2) is 42.8 Å². The summed E-state index contributed by atoms with van der Waals surface area (Å²) in [6, 6.07) is 0. The molecule has 0 fully saturated rings. The smallest absolute Gasteiger partial charge is 0.462 e. The van der Waals surface area contributed by atoms with Crippen molar-refractivity contribution in [1.82, 2.24) is 0 Å². The molecular formula is C34H63O8P. The van der Waals surface area contributed by atoms with Crippen LogP contribution in [0.3, 0.4) is 0 Å².